The van der Waals surface area contributed by atoms with Crippen LogP contribution in [0.15, 0.2) is 79.0 Å². The predicted octanol–water partition coefficient (Wildman–Crippen LogP) is 4.91. The van der Waals surface area contributed by atoms with Gasteiger partial charge in [0.1, 0.15) is 12.2 Å². The highest BCUT2D eigenvalue weighted by Crippen LogP contribution is 2.32. The molecule has 0 bridgehead atoms. The third kappa shape index (κ3) is 3.85. The highest BCUT2D eigenvalue weighted by molar-refractivity contribution is 6.08. The molecule has 0 fully saturated rings. The van der Waals surface area contributed by atoms with Crippen LogP contribution in [0.1, 0.15) is 0 Å². The smallest absolute Gasteiger partial charge is 0.246 e. The summed E-state index contributed by atoms with van der Waals surface area (Å²) >= 11 is 0. The van der Waals surface area contributed by atoms with Crippen molar-refractivity contribution in [3.8, 4) is 22.8 Å². The average molecular weight is 438 g/mol. The van der Waals surface area contributed by atoms with Gasteiger partial charge in [-0.15, -0.1) is 0 Å². The van der Waals surface area contributed by atoms with Gasteiger partial charge in [-0.3, -0.25) is 14.5 Å². The maximum Gasteiger partial charge on any atom is 0.246 e. The standard InChI is InChI=1S/C26H22N4O3/c1-32-22-13-12-18(14-23(22)33-2)28-24(31)16-30-26-19-10-6-7-11-21(19)27-15-20(26)25(29-30)17-8-4-3-5-9-17/h3-15H,16H2,1-2H3,(H,28,31). The summed E-state index contributed by atoms with van der Waals surface area (Å²) in [6, 6.07) is 23.0. The van der Waals surface area contributed by atoms with Crippen LogP contribution in [-0.4, -0.2) is 34.9 Å². The number of benzene rings is 3. The van der Waals surface area contributed by atoms with Crippen LogP contribution in [0, 0.1) is 0 Å². The number of nitrogens with one attached hydrogen (secondary N) is 1. The highest BCUT2D eigenvalue weighted by atomic mass is 16.5. The number of fused-ring (bicyclic) bond motifs is 3. The van der Waals surface area contributed by atoms with Gasteiger partial charge in [-0.25, -0.2) is 0 Å². The third-order valence-corrected chi connectivity index (χ3v) is 5.49. The number of methoxy groups -OCH3 is 2. The quantitative estimate of drug-likeness (QED) is 0.408. The number of para-hydroxylation sites is 1. The van der Waals surface area contributed by atoms with Crippen molar-refractivity contribution in [3.05, 3.63) is 79.0 Å². The molecule has 5 rings (SSSR count). The van der Waals surface area contributed by atoms with Gasteiger partial charge in [-0.05, 0) is 18.2 Å². The number of pyridine rings is 1. The van der Waals surface area contributed by atoms with Crippen LogP contribution in [0.25, 0.3) is 33.1 Å². The van der Waals surface area contributed by atoms with Crippen molar-refractivity contribution in [2.45, 2.75) is 6.54 Å². The maximum absolute atomic E-state index is 13.0. The van der Waals surface area contributed by atoms with E-state index < -0.39 is 0 Å². The molecule has 0 atom stereocenters. The molecule has 1 N–H and O–H groups in total. The van der Waals surface area contributed by atoms with Gasteiger partial charge < -0.3 is 14.8 Å². The predicted molar refractivity (Wildman–Crippen MR) is 129 cm³/mol. The Hall–Kier alpha value is -4.39. The van der Waals surface area contributed by atoms with Crippen LogP contribution >= 0.6 is 0 Å². The molecule has 0 saturated carbocycles. The van der Waals surface area contributed by atoms with Crippen LogP contribution in [-0.2, 0) is 11.3 Å². The van der Waals surface area contributed by atoms with Gasteiger partial charge in [0.05, 0.1) is 25.3 Å². The van der Waals surface area contributed by atoms with E-state index in [0.717, 1.165) is 33.1 Å². The Morgan fingerprint density at radius 1 is 0.909 bits per heavy atom. The molecule has 0 aliphatic rings. The zero-order valence-electron chi connectivity index (χ0n) is 18.3. The van der Waals surface area contributed by atoms with Crippen molar-refractivity contribution in [2.24, 2.45) is 0 Å². The number of carbonyl (C=O) groups is 1. The molecule has 0 unspecified atom stereocenters. The molecule has 3 aromatic carbocycles. The summed E-state index contributed by atoms with van der Waals surface area (Å²) in [6.45, 7) is 0.0473. The van der Waals surface area contributed by atoms with Crippen LogP contribution in [0.5, 0.6) is 11.5 Å². The summed E-state index contributed by atoms with van der Waals surface area (Å²) in [5, 5.41) is 9.60. The number of aromatic nitrogens is 3. The summed E-state index contributed by atoms with van der Waals surface area (Å²) in [7, 11) is 3.13. The minimum atomic E-state index is -0.202. The topological polar surface area (TPSA) is 78.3 Å². The van der Waals surface area contributed by atoms with Crippen molar-refractivity contribution in [1.29, 1.82) is 0 Å². The first-order valence-corrected chi connectivity index (χ1v) is 10.5. The molecule has 33 heavy (non-hydrogen) atoms. The van der Waals surface area contributed by atoms with Gasteiger partial charge in [0.25, 0.3) is 0 Å². The molecule has 2 aromatic heterocycles. The number of amides is 1. The molecule has 5 aromatic rings. The Kier molecular flexibility index (Phi) is 5.36. The number of hydrogen-bond acceptors (Lipinski definition) is 5. The third-order valence-electron chi connectivity index (χ3n) is 5.49. The largest absolute Gasteiger partial charge is 0.493 e. The number of anilines is 1. The fraction of sp³-hybridized carbons (Fsp3) is 0.115. The molecule has 1 amide bonds. The maximum atomic E-state index is 13.0. The van der Waals surface area contributed by atoms with Gasteiger partial charge in [-0.2, -0.15) is 5.10 Å². The number of ether oxygens (including phenoxy) is 2. The fourth-order valence-electron chi connectivity index (χ4n) is 3.98. The molecule has 7 heteroatoms. The van der Waals surface area contributed by atoms with E-state index in [2.05, 4.69) is 10.3 Å². The minimum absolute atomic E-state index is 0.0473. The monoisotopic (exact) mass is 438 g/mol. The van der Waals surface area contributed by atoms with E-state index in [4.69, 9.17) is 14.6 Å². The molecular weight excluding hydrogens is 416 g/mol. The minimum Gasteiger partial charge on any atom is -0.493 e. The van der Waals surface area contributed by atoms with Crippen molar-refractivity contribution in [2.75, 3.05) is 19.5 Å². The second kappa shape index (κ2) is 8.63. The summed E-state index contributed by atoms with van der Waals surface area (Å²) < 4.78 is 12.3. The van der Waals surface area contributed by atoms with E-state index >= 15 is 0 Å². The SMILES string of the molecule is COc1ccc(NC(=O)Cn2nc(-c3ccccc3)c3cnc4ccccc4c32)cc1OC. The van der Waals surface area contributed by atoms with Crippen molar-refractivity contribution >= 4 is 33.4 Å². The second-order valence-corrected chi connectivity index (χ2v) is 7.53. The first kappa shape index (κ1) is 20.5. The van der Waals surface area contributed by atoms with Crippen LogP contribution in [0.4, 0.5) is 5.69 Å². The van der Waals surface area contributed by atoms with Crippen LogP contribution in [0.3, 0.4) is 0 Å². The van der Waals surface area contributed by atoms with E-state index in [9.17, 15) is 4.79 Å². The number of nitrogens with zero attached hydrogens (tertiary/aromatic N) is 3. The van der Waals surface area contributed by atoms with Crippen LogP contribution in [0.2, 0.25) is 0 Å². The molecule has 0 aliphatic heterocycles. The molecule has 2 heterocycles. The number of rotatable bonds is 6. The van der Waals surface area contributed by atoms with Gasteiger partial charge in [0, 0.05) is 34.3 Å². The van der Waals surface area contributed by atoms with Gasteiger partial charge >= 0.3 is 0 Å². The normalized spacial score (nSPS) is 11.0. The van der Waals surface area contributed by atoms with E-state index in [1.807, 2.05) is 60.8 Å². The molecule has 0 spiro atoms. The summed E-state index contributed by atoms with van der Waals surface area (Å²) in [4.78, 5) is 17.6. The molecular formula is C26H22N4O3. The number of hydrogen-bond donors (Lipinski definition) is 1. The van der Waals surface area contributed by atoms with Crippen molar-refractivity contribution < 1.29 is 14.3 Å². The number of carbonyl (C=O) groups excluding carboxylic acids is 1. The first-order valence-electron chi connectivity index (χ1n) is 10.5. The Morgan fingerprint density at radius 3 is 2.45 bits per heavy atom. The first-order chi connectivity index (χ1) is 16.2. The van der Waals surface area contributed by atoms with E-state index in [1.54, 1.807) is 37.1 Å². The lowest BCUT2D eigenvalue weighted by atomic mass is 10.1. The van der Waals surface area contributed by atoms with Gasteiger partial charge in [0.15, 0.2) is 11.5 Å². The Morgan fingerprint density at radius 2 is 1.67 bits per heavy atom. The van der Waals surface area contributed by atoms with Gasteiger partial charge in [0.2, 0.25) is 5.91 Å². The molecule has 0 saturated heterocycles. The average Bonchev–Trinajstić information content (AvgIpc) is 3.23. The lowest BCUT2D eigenvalue weighted by molar-refractivity contribution is -0.116. The highest BCUT2D eigenvalue weighted by Gasteiger charge is 2.18. The molecule has 0 radical (unpaired) electrons. The van der Waals surface area contributed by atoms with Gasteiger partial charge in [-0.1, -0.05) is 48.5 Å². The van der Waals surface area contributed by atoms with E-state index in [0.29, 0.717) is 17.2 Å². The lowest BCUT2D eigenvalue weighted by Gasteiger charge is -2.11. The van der Waals surface area contributed by atoms with E-state index in [-0.39, 0.29) is 12.5 Å². The second-order valence-electron chi connectivity index (χ2n) is 7.53. The summed E-state index contributed by atoms with van der Waals surface area (Å²) in [6.07, 6.45) is 1.83. The van der Waals surface area contributed by atoms with Crippen molar-refractivity contribution in [3.63, 3.8) is 0 Å². The molecule has 7 nitrogen and oxygen atoms in total. The summed E-state index contributed by atoms with van der Waals surface area (Å²) in [5.41, 5.74) is 4.11. The Labute approximate surface area is 190 Å². The lowest BCUT2D eigenvalue weighted by Crippen LogP contribution is -2.19. The molecule has 0 aliphatic carbocycles. The van der Waals surface area contributed by atoms with Crippen LogP contribution < -0.4 is 14.8 Å². The van der Waals surface area contributed by atoms with E-state index in [1.165, 1.54) is 0 Å². The van der Waals surface area contributed by atoms with Crippen molar-refractivity contribution in [1.82, 2.24) is 14.8 Å². The Bertz CT molecular complexity index is 1460. The summed E-state index contributed by atoms with van der Waals surface area (Å²) in [5.74, 6) is 0.940. The zero-order chi connectivity index (χ0) is 22.8. The Balaban J connectivity index is 1.55. The zero-order valence-corrected chi connectivity index (χ0v) is 18.3. The fourth-order valence-corrected chi connectivity index (χ4v) is 3.98. The molecule has 164 valence electrons.